The number of para-hydroxylation sites is 1. The van der Waals surface area contributed by atoms with E-state index >= 15 is 0 Å². The zero-order valence-corrected chi connectivity index (χ0v) is 19.3. The van der Waals surface area contributed by atoms with Crippen molar-refractivity contribution in [3.05, 3.63) is 89.6 Å². The molecule has 0 atom stereocenters. The molecule has 0 aliphatic carbocycles. The number of nitrogens with zero attached hydrogens (tertiary/aromatic N) is 3. The van der Waals surface area contributed by atoms with Crippen molar-refractivity contribution < 1.29 is 13.6 Å². The van der Waals surface area contributed by atoms with Gasteiger partial charge < -0.3 is 5.32 Å². The van der Waals surface area contributed by atoms with Gasteiger partial charge in [0.2, 0.25) is 5.91 Å². The van der Waals surface area contributed by atoms with Gasteiger partial charge in [0.05, 0.1) is 23.3 Å². The number of anilines is 1. The van der Waals surface area contributed by atoms with Gasteiger partial charge in [-0.25, -0.2) is 18.7 Å². The van der Waals surface area contributed by atoms with Gasteiger partial charge in [0.1, 0.15) is 5.82 Å². The molecule has 178 valence electrons. The molecule has 1 fully saturated rings. The number of alkyl halides is 2. The lowest BCUT2D eigenvalue weighted by molar-refractivity contribution is -0.115. The molecule has 2 aromatic carbocycles. The largest absolute Gasteiger partial charge is 0.310 e. The van der Waals surface area contributed by atoms with Crippen LogP contribution in [0.1, 0.15) is 36.1 Å². The molecule has 1 aliphatic rings. The molecule has 0 radical (unpaired) electrons. The third kappa shape index (κ3) is 5.52. The van der Waals surface area contributed by atoms with Crippen LogP contribution < -0.4 is 5.32 Å². The van der Waals surface area contributed by atoms with Crippen LogP contribution in [0.4, 0.5) is 14.6 Å². The van der Waals surface area contributed by atoms with Gasteiger partial charge in [0, 0.05) is 23.1 Å². The lowest BCUT2D eigenvalue weighted by Gasteiger charge is -2.14. The van der Waals surface area contributed by atoms with E-state index in [1.165, 1.54) is 25.0 Å². The van der Waals surface area contributed by atoms with Crippen molar-refractivity contribution in [3.8, 4) is 11.3 Å². The van der Waals surface area contributed by atoms with Gasteiger partial charge in [-0.3, -0.25) is 9.69 Å². The molecule has 0 unspecified atom stereocenters. The smallest absolute Gasteiger partial charge is 0.263 e. The van der Waals surface area contributed by atoms with Crippen LogP contribution in [0, 0.1) is 0 Å². The normalized spacial score (nSPS) is 14.0. The number of aromatic nitrogens is 2. The molecule has 3 heterocycles. The van der Waals surface area contributed by atoms with E-state index < -0.39 is 6.43 Å². The Balaban J connectivity index is 1.35. The van der Waals surface area contributed by atoms with Gasteiger partial charge in [-0.2, -0.15) is 0 Å². The Hall–Kier alpha value is -3.71. The summed E-state index contributed by atoms with van der Waals surface area (Å²) in [7, 11) is 0. The highest BCUT2D eigenvalue weighted by atomic mass is 19.3. The second-order valence-corrected chi connectivity index (χ2v) is 8.83. The van der Waals surface area contributed by atoms with Crippen molar-refractivity contribution >= 4 is 22.6 Å². The van der Waals surface area contributed by atoms with Crippen molar-refractivity contribution in [2.45, 2.75) is 32.2 Å². The number of carbonyl (C=O) groups excluding carboxylic acids is 1. The minimum atomic E-state index is -2.54. The van der Waals surface area contributed by atoms with Gasteiger partial charge in [-0.05, 0) is 55.8 Å². The molecule has 0 spiro atoms. The number of rotatable bonds is 7. The summed E-state index contributed by atoms with van der Waals surface area (Å²) in [5.74, 6) is 0.347. The first-order valence-corrected chi connectivity index (χ1v) is 11.8. The Bertz CT molecular complexity index is 1350. The molecule has 0 saturated carbocycles. The summed E-state index contributed by atoms with van der Waals surface area (Å²) in [5, 5.41) is 3.79. The number of fused-ring (bicyclic) bond motifs is 1. The van der Waals surface area contributed by atoms with E-state index in [1.807, 2.05) is 42.5 Å². The summed E-state index contributed by atoms with van der Waals surface area (Å²) < 4.78 is 26.3. The van der Waals surface area contributed by atoms with Gasteiger partial charge in [-0.1, -0.05) is 48.5 Å². The Kier molecular flexibility index (Phi) is 6.77. The first-order valence-electron chi connectivity index (χ1n) is 11.8. The Labute approximate surface area is 202 Å². The molecule has 1 aliphatic heterocycles. The molecule has 7 heteroatoms. The number of benzene rings is 2. The van der Waals surface area contributed by atoms with E-state index in [0.717, 1.165) is 36.3 Å². The molecule has 5 nitrogen and oxygen atoms in total. The molecule has 1 N–H and O–H groups in total. The molecule has 1 amide bonds. The topological polar surface area (TPSA) is 58.1 Å². The van der Waals surface area contributed by atoms with Crippen LogP contribution in [-0.4, -0.2) is 33.9 Å². The summed E-state index contributed by atoms with van der Waals surface area (Å²) >= 11 is 0. The number of hydrogen-bond acceptors (Lipinski definition) is 4. The maximum Gasteiger partial charge on any atom is 0.263 e. The minimum absolute atomic E-state index is 0.0449. The van der Waals surface area contributed by atoms with Crippen molar-refractivity contribution in [1.82, 2.24) is 14.9 Å². The zero-order valence-electron chi connectivity index (χ0n) is 19.3. The molecule has 0 bridgehead atoms. The fraction of sp³-hybridized carbons (Fsp3) is 0.250. The molecule has 35 heavy (non-hydrogen) atoms. The lowest BCUT2D eigenvalue weighted by atomic mass is 10.0. The van der Waals surface area contributed by atoms with Crippen LogP contribution in [0.25, 0.3) is 22.2 Å². The highest BCUT2D eigenvalue weighted by molar-refractivity contribution is 5.95. The number of amides is 1. The maximum atomic E-state index is 13.2. The van der Waals surface area contributed by atoms with Crippen LogP contribution in [-0.2, 0) is 17.8 Å². The molecular weight excluding hydrogens is 446 g/mol. The van der Waals surface area contributed by atoms with Crippen LogP contribution >= 0.6 is 0 Å². The van der Waals surface area contributed by atoms with Crippen molar-refractivity contribution in [2.75, 3.05) is 18.4 Å². The summed E-state index contributed by atoms with van der Waals surface area (Å²) in [5.41, 5.74) is 3.54. The van der Waals surface area contributed by atoms with Crippen molar-refractivity contribution in [1.29, 1.82) is 0 Å². The SMILES string of the molecule is O=C(Cc1cccc2ccc(-c3cccc(C(F)F)c3)nc12)Nc1cccc(CN2CCCC2)n1. The maximum absolute atomic E-state index is 13.2. The summed E-state index contributed by atoms with van der Waals surface area (Å²) in [4.78, 5) is 24.6. The summed E-state index contributed by atoms with van der Waals surface area (Å²) in [6, 6.07) is 21.3. The third-order valence-electron chi connectivity index (χ3n) is 6.25. The van der Waals surface area contributed by atoms with Gasteiger partial charge in [0.15, 0.2) is 0 Å². The van der Waals surface area contributed by atoms with Crippen LogP contribution in [0.3, 0.4) is 0 Å². The standard InChI is InChI=1S/C28H26F2N4O/c29-28(30)22-9-4-7-20(16-22)24-13-12-19-6-3-8-21(27(19)32-24)17-26(35)33-25-11-5-10-23(31-25)18-34-14-1-2-15-34/h3-13,16,28H,1-2,14-15,17-18H2,(H,31,33,35). The first-order chi connectivity index (χ1) is 17.0. The monoisotopic (exact) mass is 472 g/mol. The van der Waals surface area contributed by atoms with E-state index in [2.05, 4.69) is 15.2 Å². The van der Waals surface area contributed by atoms with Crippen molar-refractivity contribution in [2.24, 2.45) is 0 Å². The molecular formula is C28H26F2N4O. The van der Waals surface area contributed by atoms with E-state index in [-0.39, 0.29) is 17.9 Å². The molecule has 1 saturated heterocycles. The highest BCUT2D eigenvalue weighted by Gasteiger charge is 2.14. The van der Waals surface area contributed by atoms with Gasteiger partial charge >= 0.3 is 0 Å². The molecule has 5 rings (SSSR count). The number of hydrogen-bond donors (Lipinski definition) is 1. The van der Waals surface area contributed by atoms with Crippen LogP contribution in [0.2, 0.25) is 0 Å². The fourth-order valence-electron chi connectivity index (χ4n) is 4.51. The number of carbonyl (C=O) groups is 1. The minimum Gasteiger partial charge on any atom is -0.310 e. The fourth-order valence-corrected chi connectivity index (χ4v) is 4.51. The molecule has 2 aromatic heterocycles. The van der Waals surface area contributed by atoms with Gasteiger partial charge in [-0.15, -0.1) is 0 Å². The summed E-state index contributed by atoms with van der Waals surface area (Å²) in [6.45, 7) is 2.95. The second-order valence-electron chi connectivity index (χ2n) is 8.83. The quantitative estimate of drug-likeness (QED) is 0.358. The average Bonchev–Trinajstić information content (AvgIpc) is 3.37. The number of pyridine rings is 2. The number of halogens is 2. The Morgan fingerprint density at radius 1 is 0.943 bits per heavy atom. The number of nitrogens with one attached hydrogen (secondary N) is 1. The average molecular weight is 473 g/mol. The van der Waals surface area contributed by atoms with Gasteiger partial charge in [0.25, 0.3) is 6.43 Å². The highest BCUT2D eigenvalue weighted by Crippen LogP contribution is 2.27. The van der Waals surface area contributed by atoms with Crippen LogP contribution in [0.5, 0.6) is 0 Å². The Morgan fingerprint density at radius 3 is 2.57 bits per heavy atom. The molecule has 4 aromatic rings. The van der Waals surface area contributed by atoms with E-state index in [4.69, 9.17) is 4.98 Å². The first kappa shape index (κ1) is 23.1. The predicted octanol–water partition coefficient (Wildman–Crippen LogP) is 6.01. The predicted molar refractivity (Wildman–Crippen MR) is 133 cm³/mol. The van der Waals surface area contributed by atoms with Crippen LogP contribution in [0.15, 0.2) is 72.8 Å². The lowest BCUT2D eigenvalue weighted by Crippen LogP contribution is -2.20. The van der Waals surface area contributed by atoms with E-state index in [0.29, 0.717) is 22.6 Å². The van der Waals surface area contributed by atoms with E-state index in [1.54, 1.807) is 18.2 Å². The third-order valence-corrected chi connectivity index (χ3v) is 6.25. The summed E-state index contributed by atoms with van der Waals surface area (Å²) in [6.07, 6.45) is 0.0178. The Morgan fingerprint density at radius 2 is 1.74 bits per heavy atom. The zero-order chi connectivity index (χ0) is 24.2. The van der Waals surface area contributed by atoms with Crippen molar-refractivity contribution in [3.63, 3.8) is 0 Å². The second kappa shape index (κ2) is 10.3. The van der Waals surface area contributed by atoms with E-state index in [9.17, 15) is 13.6 Å². The number of likely N-dealkylation sites (tertiary alicyclic amines) is 1.